The number of amides is 1. The molecule has 2 heterocycles. The van der Waals surface area contributed by atoms with Gasteiger partial charge in [0.15, 0.2) is 5.13 Å². The number of nitrogens with two attached hydrogens (primary N) is 1. The first-order chi connectivity index (χ1) is 10.1. The molecule has 2 aromatic rings. The van der Waals surface area contributed by atoms with E-state index in [9.17, 15) is 4.79 Å². The van der Waals surface area contributed by atoms with Crippen LogP contribution in [0.25, 0.3) is 11.3 Å². The van der Waals surface area contributed by atoms with Crippen molar-refractivity contribution < 1.29 is 4.79 Å². The average Bonchev–Trinajstić information content (AvgIpc) is 3.00. The maximum atomic E-state index is 12.3. The molecule has 110 valence electrons. The maximum absolute atomic E-state index is 12.3. The van der Waals surface area contributed by atoms with Crippen LogP contribution in [-0.2, 0) is 11.2 Å². The number of aromatic nitrogens is 1. The number of rotatable bonds is 3. The van der Waals surface area contributed by atoms with Crippen molar-refractivity contribution in [3.8, 4) is 11.3 Å². The van der Waals surface area contributed by atoms with Gasteiger partial charge in [-0.25, -0.2) is 4.98 Å². The van der Waals surface area contributed by atoms with Gasteiger partial charge in [-0.1, -0.05) is 13.0 Å². The monoisotopic (exact) mass is 301 g/mol. The Balaban J connectivity index is 1.94. The first-order valence-electron chi connectivity index (χ1n) is 7.26. The highest BCUT2D eigenvalue weighted by Crippen LogP contribution is 2.36. The van der Waals surface area contributed by atoms with E-state index in [0.29, 0.717) is 11.6 Å². The van der Waals surface area contributed by atoms with E-state index in [0.717, 1.165) is 29.8 Å². The molecular formula is C16H19N3OS. The lowest BCUT2D eigenvalue weighted by molar-refractivity contribution is -0.118. The number of nitrogen functional groups attached to an aromatic ring is 1. The molecule has 0 saturated carbocycles. The van der Waals surface area contributed by atoms with Gasteiger partial charge in [-0.2, -0.15) is 0 Å². The molecule has 1 atom stereocenters. The van der Waals surface area contributed by atoms with E-state index in [1.807, 2.05) is 29.3 Å². The van der Waals surface area contributed by atoms with Gasteiger partial charge in [-0.3, -0.25) is 4.79 Å². The Morgan fingerprint density at radius 2 is 2.33 bits per heavy atom. The molecule has 0 bridgehead atoms. The molecule has 1 aliphatic heterocycles. The predicted molar refractivity (Wildman–Crippen MR) is 87.5 cm³/mol. The maximum Gasteiger partial charge on any atom is 0.227 e. The van der Waals surface area contributed by atoms with E-state index < -0.39 is 0 Å². The van der Waals surface area contributed by atoms with Crippen LogP contribution in [0.5, 0.6) is 0 Å². The Kier molecular flexibility index (Phi) is 3.68. The molecule has 1 aromatic heterocycles. The number of hydrogen-bond acceptors (Lipinski definition) is 4. The molecule has 2 N–H and O–H groups in total. The summed E-state index contributed by atoms with van der Waals surface area (Å²) in [6.45, 7) is 4.14. The van der Waals surface area contributed by atoms with Crippen molar-refractivity contribution in [2.45, 2.75) is 39.2 Å². The summed E-state index contributed by atoms with van der Waals surface area (Å²) >= 11 is 1.45. The number of anilines is 2. The van der Waals surface area contributed by atoms with E-state index in [1.165, 1.54) is 16.9 Å². The number of fused-ring (bicyclic) bond motifs is 1. The lowest BCUT2D eigenvalue weighted by Gasteiger charge is -2.22. The van der Waals surface area contributed by atoms with Crippen molar-refractivity contribution in [1.82, 2.24) is 4.98 Å². The highest BCUT2D eigenvalue weighted by Gasteiger charge is 2.30. The Morgan fingerprint density at radius 1 is 1.52 bits per heavy atom. The zero-order chi connectivity index (χ0) is 15.0. The molecule has 4 nitrogen and oxygen atoms in total. The first kappa shape index (κ1) is 14.1. The van der Waals surface area contributed by atoms with E-state index in [2.05, 4.69) is 18.0 Å². The van der Waals surface area contributed by atoms with Crippen LogP contribution in [0, 0.1) is 0 Å². The first-order valence-corrected chi connectivity index (χ1v) is 8.14. The molecule has 0 fully saturated rings. The summed E-state index contributed by atoms with van der Waals surface area (Å²) in [6.07, 6.45) is 2.39. The van der Waals surface area contributed by atoms with Crippen LogP contribution in [-0.4, -0.2) is 16.9 Å². The zero-order valence-electron chi connectivity index (χ0n) is 12.3. The minimum Gasteiger partial charge on any atom is -0.375 e. The molecule has 1 aromatic carbocycles. The normalized spacial score (nSPS) is 17.0. The van der Waals surface area contributed by atoms with Crippen LogP contribution < -0.4 is 10.6 Å². The minimum atomic E-state index is 0.217. The third kappa shape index (κ3) is 2.53. The Morgan fingerprint density at radius 3 is 3.00 bits per heavy atom. The molecule has 1 amide bonds. The molecular weight excluding hydrogens is 282 g/mol. The van der Waals surface area contributed by atoms with Crippen LogP contribution >= 0.6 is 11.3 Å². The second kappa shape index (κ2) is 5.48. The molecule has 0 aliphatic carbocycles. The predicted octanol–water partition coefficient (Wildman–Crippen LogP) is 3.47. The third-order valence-corrected chi connectivity index (χ3v) is 4.52. The van der Waals surface area contributed by atoms with Crippen molar-refractivity contribution in [1.29, 1.82) is 0 Å². The van der Waals surface area contributed by atoms with Gasteiger partial charge >= 0.3 is 0 Å². The van der Waals surface area contributed by atoms with Gasteiger partial charge in [0.1, 0.15) is 0 Å². The van der Waals surface area contributed by atoms with Gasteiger partial charge < -0.3 is 10.6 Å². The second-order valence-electron chi connectivity index (χ2n) is 5.48. The van der Waals surface area contributed by atoms with Crippen LogP contribution in [0.2, 0.25) is 0 Å². The summed E-state index contributed by atoms with van der Waals surface area (Å²) < 4.78 is 0. The van der Waals surface area contributed by atoms with E-state index >= 15 is 0 Å². The highest BCUT2D eigenvalue weighted by atomic mass is 32.1. The minimum absolute atomic E-state index is 0.217. The lowest BCUT2D eigenvalue weighted by Crippen LogP contribution is -2.35. The molecule has 3 rings (SSSR count). The smallest absolute Gasteiger partial charge is 0.227 e. The SMILES string of the molecule is CCCC(=O)N1c2ccc(-c3csc(N)n3)cc2C[C@H]1C. The quantitative estimate of drug-likeness (QED) is 0.944. The lowest BCUT2D eigenvalue weighted by atomic mass is 10.1. The fraction of sp³-hybridized carbons (Fsp3) is 0.375. The van der Waals surface area contributed by atoms with Crippen molar-refractivity contribution in [3.05, 3.63) is 29.1 Å². The summed E-state index contributed by atoms with van der Waals surface area (Å²) in [6, 6.07) is 6.43. The summed E-state index contributed by atoms with van der Waals surface area (Å²) in [7, 11) is 0. The topological polar surface area (TPSA) is 59.2 Å². The van der Waals surface area contributed by atoms with Gasteiger partial charge in [0.25, 0.3) is 0 Å². The highest BCUT2D eigenvalue weighted by molar-refractivity contribution is 7.13. The standard InChI is InChI=1S/C16H19N3OS/c1-3-4-15(20)19-10(2)7-12-8-11(5-6-14(12)19)13-9-21-16(17)18-13/h5-6,8-10H,3-4,7H2,1-2H3,(H2,17,18)/t10-/m1/s1. The number of benzene rings is 1. The van der Waals surface area contributed by atoms with Gasteiger partial charge in [0.05, 0.1) is 5.69 Å². The van der Waals surface area contributed by atoms with E-state index in [1.54, 1.807) is 0 Å². The zero-order valence-corrected chi connectivity index (χ0v) is 13.1. The largest absolute Gasteiger partial charge is 0.375 e. The van der Waals surface area contributed by atoms with Gasteiger partial charge in [-0.15, -0.1) is 11.3 Å². The number of nitrogens with zero attached hydrogens (tertiary/aromatic N) is 2. The van der Waals surface area contributed by atoms with E-state index in [4.69, 9.17) is 5.73 Å². The fourth-order valence-electron chi connectivity index (χ4n) is 2.93. The Bertz CT molecular complexity index is 680. The van der Waals surface area contributed by atoms with Crippen molar-refractivity contribution in [2.75, 3.05) is 10.6 Å². The number of carbonyl (C=O) groups excluding carboxylic acids is 1. The van der Waals surface area contributed by atoms with E-state index in [-0.39, 0.29) is 11.9 Å². The summed E-state index contributed by atoms with van der Waals surface area (Å²) in [5, 5.41) is 2.55. The molecule has 0 saturated heterocycles. The van der Waals surface area contributed by atoms with Crippen molar-refractivity contribution >= 4 is 28.1 Å². The van der Waals surface area contributed by atoms with Crippen LogP contribution in [0.15, 0.2) is 23.6 Å². The molecule has 0 spiro atoms. The second-order valence-corrected chi connectivity index (χ2v) is 6.37. The number of hydrogen-bond donors (Lipinski definition) is 1. The Hall–Kier alpha value is -1.88. The van der Waals surface area contributed by atoms with Crippen LogP contribution in [0.3, 0.4) is 0 Å². The molecule has 0 unspecified atom stereocenters. The van der Waals surface area contributed by atoms with Crippen molar-refractivity contribution in [2.24, 2.45) is 0 Å². The van der Waals surface area contributed by atoms with Crippen LogP contribution in [0.1, 0.15) is 32.3 Å². The summed E-state index contributed by atoms with van der Waals surface area (Å²) in [5.74, 6) is 0.217. The van der Waals surface area contributed by atoms with Gasteiger partial charge in [-0.05, 0) is 37.5 Å². The van der Waals surface area contributed by atoms with Gasteiger partial charge in [0.2, 0.25) is 5.91 Å². The molecule has 0 radical (unpaired) electrons. The summed E-state index contributed by atoms with van der Waals surface area (Å²) in [4.78, 5) is 18.5. The third-order valence-electron chi connectivity index (χ3n) is 3.85. The fourth-order valence-corrected chi connectivity index (χ4v) is 3.50. The van der Waals surface area contributed by atoms with Crippen LogP contribution in [0.4, 0.5) is 10.8 Å². The van der Waals surface area contributed by atoms with Gasteiger partial charge in [0, 0.05) is 29.1 Å². The molecule has 21 heavy (non-hydrogen) atoms. The molecule has 1 aliphatic rings. The van der Waals surface area contributed by atoms with Crippen molar-refractivity contribution in [3.63, 3.8) is 0 Å². The number of carbonyl (C=O) groups is 1. The summed E-state index contributed by atoms with van der Waals surface area (Å²) in [5.41, 5.74) is 9.94. The number of thiazole rings is 1. The molecule has 5 heteroatoms. The Labute approximate surface area is 128 Å². The average molecular weight is 301 g/mol.